The maximum absolute atomic E-state index is 13.1. The number of imidazole rings is 1. The molecule has 1 atom stereocenters. The van der Waals surface area contributed by atoms with Gasteiger partial charge in [-0.3, -0.25) is 4.79 Å². The van der Waals surface area contributed by atoms with Crippen LogP contribution in [-0.2, 0) is 16.6 Å². The monoisotopic (exact) mass is 497 g/mol. The zero-order chi connectivity index (χ0) is 23.9. The van der Waals surface area contributed by atoms with Gasteiger partial charge in [-0.1, -0.05) is 30.3 Å². The summed E-state index contributed by atoms with van der Waals surface area (Å²) < 4.78 is 29.9. The van der Waals surface area contributed by atoms with Crippen molar-refractivity contribution in [2.45, 2.75) is 55.0 Å². The molecule has 4 aromatic rings. The number of rotatable bonds is 6. The van der Waals surface area contributed by atoms with Crippen molar-refractivity contribution in [1.82, 2.24) is 23.8 Å². The summed E-state index contributed by atoms with van der Waals surface area (Å²) >= 11 is 1.49. The first-order valence-electron chi connectivity index (χ1n) is 11.5. The molecule has 0 unspecified atom stereocenters. The van der Waals surface area contributed by atoms with E-state index in [4.69, 9.17) is 4.98 Å². The Morgan fingerprint density at radius 2 is 1.82 bits per heavy atom. The molecule has 1 N–H and O–H groups in total. The number of hydrogen-bond acceptors (Lipinski definition) is 6. The van der Waals surface area contributed by atoms with E-state index < -0.39 is 10.0 Å². The summed E-state index contributed by atoms with van der Waals surface area (Å²) in [6.07, 6.45) is 2.87. The highest BCUT2D eigenvalue weighted by atomic mass is 32.2. The van der Waals surface area contributed by atoms with E-state index in [-0.39, 0.29) is 15.7 Å². The van der Waals surface area contributed by atoms with Gasteiger partial charge in [0, 0.05) is 19.6 Å². The van der Waals surface area contributed by atoms with Crippen molar-refractivity contribution in [3.63, 3.8) is 0 Å². The van der Waals surface area contributed by atoms with Crippen LogP contribution in [0, 0.1) is 0 Å². The van der Waals surface area contributed by atoms with Crippen LogP contribution in [0.2, 0.25) is 0 Å². The molecule has 2 aromatic carbocycles. The van der Waals surface area contributed by atoms with Crippen molar-refractivity contribution in [3.05, 3.63) is 58.6 Å². The van der Waals surface area contributed by atoms with Crippen LogP contribution < -0.4 is 5.56 Å². The number of nitrogens with one attached hydrogen (secondary N) is 1. The normalized spacial score (nSPS) is 16.3. The van der Waals surface area contributed by atoms with E-state index in [2.05, 4.69) is 14.5 Å². The minimum atomic E-state index is -3.53. The fraction of sp³-hybridized carbons (Fsp3) is 0.375. The minimum absolute atomic E-state index is 0.157. The average Bonchev–Trinajstić information content (AvgIpc) is 3.20. The molecule has 10 heteroatoms. The Balaban J connectivity index is 1.48. The molecule has 1 aliphatic heterocycles. The van der Waals surface area contributed by atoms with Crippen LogP contribution in [-0.4, -0.2) is 45.3 Å². The second kappa shape index (κ2) is 9.16. The van der Waals surface area contributed by atoms with Crippen molar-refractivity contribution >= 4 is 43.7 Å². The molecule has 0 saturated carbocycles. The highest BCUT2D eigenvalue weighted by Gasteiger charge is 2.27. The number of nitrogens with zero attached hydrogens (tertiary/aromatic N) is 4. The summed E-state index contributed by atoms with van der Waals surface area (Å²) in [6, 6.07) is 12.5. The number of aromatic amines is 1. The highest BCUT2D eigenvalue weighted by molar-refractivity contribution is 7.99. The van der Waals surface area contributed by atoms with E-state index in [0.717, 1.165) is 29.9 Å². The van der Waals surface area contributed by atoms with Gasteiger partial charge in [-0.15, -0.1) is 0 Å². The SMILES string of the molecule is CCn1c(S[C@H](C)c2nc3ccccc3c(=O)[nH]2)nc2cc(S(=O)(=O)N3CCCCC3)ccc21. The highest BCUT2D eigenvalue weighted by Crippen LogP contribution is 2.35. The predicted molar refractivity (Wildman–Crippen MR) is 135 cm³/mol. The topological polar surface area (TPSA) is 101 Å². The lowest BCUT2D eigenvalue weighted by molar-refractivity contribution is 0.346. The van der Waals surface area contributed by atoms with Crippen molar-refractivity contribution in [2.75, 3.05) is 13.1 Å². The summed E-state index contributed by atoms with van der Waals surface area (Å²) in [5.41, 5.74) is 2.03. The minimum Gasteiger partial charge on any atom is -0.319 e. The van der Waals surface area contributed by atoms with Gasteiger partial charge in [0.05, 0.1) is 32.1 Å². The molecular formula is C24H27N5O3S2. The Kier molecular flexibility index (Phi) is 6.22. The van der Waals surface area contributed by atoms with E-state index in [1.165, 1.54) is 11.8 Å². The first-order chi connectivity index (χ1) is 16.4. The lowest BCUT2D eigenvalue weighted by atomic mass is 10.2. The Bertz CT molecular complexity index is 1520. The van der Waals surface area contributed by atoms with E-state index >= 15 is 0 Å². The summed E-state index contributed by atoms with van der Waals surface area (Å²) in [4.78, 5) is 25.1. The molecule has 0 radical (unpaired) electrons. The Labute approximate surface area is 202 Å². The average molecular weight is 498 g/mol. The van der Waals surface area contributed by atoms with Crippen molar-refractivity contribution in [3.8, 4) is 0 Å². The first kappa shape index (κ1) is 23.1. The third-order valence-corrected chi connectivity index (χ3v) is 9.25. The number of fused-ring (bicyclic) bond motifs is 2. The number of hydrogen-bond donors (Lipinski definition) is 1. The lowest BCUT2D eigenvalue weighted by Gasteiger charge is -2.25. The molecule has 0 amide bonds. The molecule has 1 aliphatic rings. The molecule has 5 rings (SSSR count). The van der Waals surface area contributed by atoms with Crippen LogP contribution >= 0.6 is 11.8 Å². The van der Waals surface area contributed by atoms with Crippen LogP contribution in [0.25, 0.3) is 21.9 Å². The lowest BCUT2D eigenvalue weighted by Crippen LogP contribution is -2.35. The number of piperidine rings is 1. The third kappa shape index (κ3) is 4.14. The van der Waals surface area contributed by atoms with E-state index in [1.807, 2.05) is 38.1 Å². The van der Waals surface area contributed by atoms with E-state index in [0.29, 0.717) is 41.9 Å². The molecule has 0 spiro atoms. The Hall–Kier alpha value is -2.69. The Morgan fingerprint density at radius 1 is 1.06 bits per heavy atom. The van der Waals surface area contributed by atoms with Crippen LogP contribution in [0.5, 0.6) is 0 Å². The number of thioether (sulfide) groups is 1. The number of aryl methyl sites for hydroxylation is 1. The Morgan fingerprint density at radius 3 is 2.59 bits per heavy atom. The second-order valence-corrected chi connectivity index (χ2v) is 11.7. The molecule has 8 nitrogen and oxygen atoms in total. The molecule has 0 bridgehead atoms. The quantitative estimate of drug-likeness (QED) is 0.398. The smallest absolute Gasteiger partial charge is 0.258 e. The molecule has 3 heterocycles. The van der Waals surface area contributed by atoms with Gasteiger partial charge in [0.1, 0.15) is 5.82 Å². The summed E-state index contributed by atoms with van der Waals surface area (Å²) in [5.74, 6) is 0.580. The molecule has 2 aromatic heterocycles. The summed E-state index contributed by atoms with van der Waals surface area (Å²) in [7, 11) is -3.53. The van der Waals surface area contributed by atoms with Crippen molar-refractivity contribution in [2.24, 2.45) is 0 Å². The fourth-order valence-electron chi connectivity index (χ4n) is 4.41. The maximum atomic E-state index is 13.1. The first-order valence-corrected chi connectivity index (χ1v) is 13.9. The van der Waals surface area contributed by atoms with Crippen LogP contribution in [0.15, 0.2) is 57.3 Å². The molecule has 178 valence electrons. The number of benzene rings is 2. The number of aromatic nitrogens is 4. The van der Waals surface area contributed by atoms with Gasteiger partial charge in [-0.2, -0.15) is 4.31 Å². The summed E-state index contributed by atoms with van der Waals surface area (Å²) in [5, 5.41) is 1.16. The van der Waals surface area contributed by atoms with Crippen molar-refractivity contribution in [1.29, 1.82) is 0 Å². The molecular weight excluding hydrogens is 470 g/mol. The number of sulfonamides is 1. The molecule has 0 aliphatic carbocycles. The van der Waals surface area contributed by atoms with Crippen LogP contribution in [0.3, 0.4) is 0 Å². The predicted octanol–water partition coefficient (Wildman–Crippen LogP) is 4.32. The van der Waals surface area contributed by atoms with Crippen molar-refractivity contribution < 1.29 is 8.42 Å². The molecule has 1 fully saturated rings. The van der Waals surface area contributed by atoms with Gasteiger partial charge in [-0.25, -0.2) is 18.4 Å². The number of para-hydroxylation sites is 1. The van der Waals surface area contributed by atoms with Gasteiger partial charge in [0.15, 0.2) is 5.16 Å². The van der Waals surface area contributed by atoms with Gasteiger partial charge in [0.2, 0.25) is 10.0 Å². The number of H-pyrrole nitrogens is 1. The molecule has 1 saturated heterocycles. The van der Waals surface area contributed by atoms with E-state index in [1.54, 1.807) is 22.5 Å². The van der Waals surface area contributed by atoms with Gasteiger partial charge in [0.25, 0.3) is 5.56 Å². The fourth-order valence-corrected chi connectivity index (χ4v) is 6.99. The van der Waals surface area contributed by atoms with Gasteiger partial charge in [-0.05, 0) is 57.0 Å². The molecule has 34 heavy (non-hydrogen) atoms. The zero-order valence-corrected chi connectivity index (χ0v) is 20.8. The third-order valence-electron chi connectivity index (χ3n) is 6.25. The van der Waals surface area contributed by atoms with E-state index in [9.17, 15) is 13.2 Å². The van der Waals surface area contributed by atoms with Gasteiger partial charge >= 0.3 is 0 Å². The zero-order valence-electron chi connectivity index (χ0n) is 19.2. The van der Waals surface area contributed by atoms with Gasteiger partial charge < -0.3 is 9.55 Å². The summed E-state index contributed by atoms with van der Waals surface area (Å²) in [6.45, 7) is 5.83. The second-order valence-electron chi connectivity index (χ2n) is 8.48. The van der Waals surface area contributed by atoms with Crippen LogP contribution in [0.4, 0.5) is 0 Å². The largest absolute Gasteiger partial charge is 0.319 e. The maximum Gasteiger partial charge on any atom is 0.258 e. The van der Waals surface area contributed by atoms with Crippen LogP contribution in [0.1, 0.15) is 44.2 Å². The standard InChI is InChI=1S/C24H27N5O3S2/c1-3-29-21-12-11-17(34(31,32)28-13-7-4-8-14-28)15-20(21)26-24(29)33-16(2)22-25-19-10-6-5-9-18(19)23(30)27-22/h5-6,9-12,15-16H,3-4,7-8,13-14H2,1-2H3,(H,25,27,30)/t16-/m1/s1.